The van der Waals surface area contributed by atoms with Gasteiger partial charge in [0.15, 0.2) is 5.11 Å². The minimum absolute atomic E-state index is 0.0745. The van der Waals surface area contributed by atoms with Gasteiger partial charge in [0.25, 0.3) is 11.6 Å². The van der Waals surface area contributed by atoms with Crippen LogP contribution in [0.5, 0.6) is 0 Å². The molecule has 0 saturated carbocycles. The molecule has 0 radical (unpaired) electrons. The molecule has 0 fully saturated rings. The van der Waals surface area contributed by atoms with E-state index in [1.807, 2.05) is 42.5 Å². The van der Waals surface area contributed by atoms with Crippen molar-refractivity contribution in [1.29, 1.82) is 0 Å². The third-order valence-corrected chi connectivity index (χ3v) is 4.30. The Kier molecular flexibility index (Phi) is 6.10. The van der Waals surface area contributed by atoms with E-state index < -0.39 is 10.8 Å². The molecule has 0 saturated heterocycles. The fourth-order valence-corrected chi connectivity index (χ4v) is 2.90. The van der Waals surface area contributed by atoms with E-state index in [-0.39, 0.29) is 28.7 Å². The molecule has 3 N–H and O–H groups in total. The third-order valence-electron chi connectivity index (χ3n) is 4.09. The lowest BCUT2D eigenvalue weighted by atomic mass is 10.0. The molecule has 0 atom stereocenters. The van der Waals surface area contributed by atoms with Crippen LogP contribution in [0.4, 0.5) is 5.69 Å². The third kappa shape index (κ3) is 5.11. The van der Waals surface area contributed by atoms with Gasteiger partial charge in [-0.15, -0.1) is 0 Å². The monoisotopic (exact) mass is 408 g/mol. The molecule has 3 aromatic rings. The van der Waals surface area contributed by atoms with Crippen LogP contribution in [-0.2, 0) is 11.2 Å². The van der Waals surface area contributed by atoms with Gasteiger partial charge in [-0.1, -0.05) is 48.5 Å². The van der Waals surface area contributed by atoms with Crippen molar-refractivity contribution >= 4 is 45.6 Å². The number of carbonyl (C=O) groups is 2. The van der Waals surface area contributed by atoms with Crippen LogP contribution in [0.3, 0.4) is 0 Å². The molecule has 29 heavy (non-hydrogen) atoms. The number of nitrogens with one attached hydrogen (secondary N) is 3. The van der Waals surface area contributed by atoms with Crippen LogP contribution < -0.4 is 16.2 Å². The summed E-state index contributed by atoms with van der Waals surface area (Å²) in [4.78, 5) is 34.6. The molecule has 0 bridgehead atoms. The van der Waals surface area contributed by atoms with Crippen molar-refractivity contribution < 1.29 is 14.5 Å². The van der Waals surface area contributed by atoms with Gasteiger partial charge in [0.05, 0.1) is 11.3 Å². The first-order valence-corrected chi connectivity index (χ1v) is 8.96. The number of amides is 2. The Morgan fingerprint density at radius 3 is 2.48 bits per heavy atom. The van der Waals surface area contributed by atoms with Crippen LogP contribution >= 0.6 is 12.2 Å². The molecule has 0 aliphatic heterocycles. The molecule has 2 amide bonds. The van der Waals surface area contributed by atoms with Crippen LogP contribution in [0, 0.1) is 10.1 Å². The van der Waals surface area contributed by atoms with E-state index in [9.17, 15) is 19.7 Å². The highest BCUT2D eigenvalue weighted by atomic mass is 32.1. The van der Waals surface area contributed by atoms with Gasteiger partial charge in [-0.25, -0.2) is 0 Å². The normalized spacial score (nSPS) is 10.2. The standard InChI is InChI=1S/C20H16N4O4S/c25-18(12-14-7-3-6-13-5-1-2-10-17(13)14)22-23-20(29)21-19(26)15-8-4-9-16(11-15)24(27)28/h1-11H,12H2,(H,22,25)(H2,21,23,26,29). The summed E-state index contributed by atoms with van der Waals surface area (Å²) in [6, 6.07) is 18.7. The molecule has 0 aromatic heterocycles. The number of non-ortho nitro benzene ring substituents is 1. The van der Waals surface area contributed by atoms with E-state index >= 15 is 0 Å². The zero-order chi connectivity index (χ0) is 20.8. The molecule has 9 heteroatoms. The molecule has 0 heterocycles. The highest BCUT2D eigenvalue weighted by molar-refractivity contribution is 7.80. The first-order chi connectivity index (χ1) is 13.9. The van der Waals surface area contributed by atoms with Crippen molar-refractivity contribution in [3.63, 3.8) is 0 Å². The van der Waals surface area contributed by atoms with Crippen molar-refractivity contribution in [1.82, 2.24) is 16.2 Å². The number of hydrazine groups is 1. The highest BCUT2D eigenvalue weighted by Crippen LogP contribution is 2.18. The van der Waals surface area contributed by atoms with Gasteiger partial charge in [0, 0.05) is 17.7 Å². The average molecular weight is 408 g/mol. The van der Waals surface area contributed by atoms with Gasteiger partial charge in [0.1, 0.15) is 0 Å². The van der Waals surface area contributed by atoms with E-state index in [0.717, 1.165) is 22.4 Å². The second kappa shape index (κ2) is 8.89. The van der Waals surface area contributed by atoms with E-state index in [4.69, 9.17) is 12.2 Å². The quantitative estimate of drug-likeness (QED) is 0.347. The Morgan fingerprint density at radius 2 is 1.69 bits per heavy atom. The minimum Gasteiger partial charge on any atom is -0.298 e. The number of carbonyl (C=O) groups excluding carboxylic acids is 2. The van der Waals surface area contributed by atoms with Gasteiger partial charge >= 0.3 is 0 Å². The first-order valence-electron chi connectivity index (χ1n) is 8.55. The van der Waals surface area contributed by atoms with Gasteiger partial charge in [-0.3, -0.25) is 35.9 Å². The second-order valence-corrected chi connectivity index (χ2v) is 6.49. The number of rotatable bonds is 4. The molecule has 0 spiro atoms. The molecule has 0 aliphatic carbocycles. The van der Waals surface area contributed by atoms with E-state index in [2.05, 4.69) is 16.2 Å². The lowest BCUT2D eigenvalue weighted by Crippen LogP contribution is -2.48. The van der Waals surface area contributed by atoms with Crippen molar-refractivity contribution in [2.45, 2.75) is 6.42 Å². The van der Waals surface area contributed by atoms with Crippen molar-refractivity contribution in [2.75, 3.05) is 0 Å². The fraction of sp³-hybridized carbons (Fsp3) is 0.0500. The molecule has 0 aliphatic rings. The van der Waals surface area contributed by atoms with Crippen LogP contribution in [0.1, 0.15) is 15.9 Å². The molecular weight excluding hydrogens is 392 g/mol. The van der Waals surface area contributed by atoms with E-state index in [1.54, 1.807) is 0 Å². The number of nitrogens with zero attached hydrogens (tertiary/aromatic N) is 1. The van der Waals surface area contributed by atoms with Crippen LogP contribution in [0.2, 0.25) is 0 Å². The predicted molar refractivity (Wildman–Crippen MR) is 112 cm³/mol. The van der Waals surface area contributed by atoms with Crippen molar-refractivity contribution in [3.05, 3.63) is 88.0 Å². The van der Waals surface area contributed by atoms with Crippen LogP contribution in [0.15, 0.2) is 66.7 Å². The molecular formula is C20H16N4O4S. The maximum atomic E-state index is 12.2. The van der Waals surface area contributed by atoms with Gasteiger partial charge in [-0.2, -0.15) is 0 Å². The number of benzene rings is 3. The van der Waals surface area contributed by atoms with Gasteiger partial charge in [0.2, 0.25) is 5.91 Å². The fourth-order valence-electron chi connectivity index (χ4n) is 2.76. The maximum absolute atomic E-state index is 12.2. The Bertz CT molecular complexity index is 1110. The maximum Gasteiger partial charge on any atom is 0.270 e. The van der Waals surface area contributed by atoms with Crippen LogP contribution in [-0.4, -0.2) is 21.9 Å². The molecule has 3 rings (SSSR count). The van der Waals surface area contributed by atoms with Crippen LogP contribution in [0.25, 0.3) is 10.8 Å². The summed E-state index contributed by atoms with van der Waals surface area (Å²) >= 11 is 4.98. The Balaban J connectivity index is 1.55. The summed E-state index contributed by atoms with van der Waals surface area (Å²) in [5.74, 6) is -0.970. The number of nitro groups is 1. The van der Waals surface area contributed by atoms with E-state index in [0.29, 0.717) is 0 Å². The Morgan fingerprint density at radius 1 is 0.966 bits per heavy atom. The topological polar surface area (TPSA) is 113 Å². The van der Waals surface area contributed by atoms with Gasteiger partial charge in [-0.05, 0) is 34.6 Å². The van der Waals surface area contributed by atoms with Gasteiger partial charge < -0.3 is 0 Å². The lowest BCUT2D eigenvalue weighted by Gasteiger charge is -2.11. The number of fused-ring (bicyclic) bond motifs is 1. The molecule has 3 aromatic carbocycles. The van der Waals surface area contributed by atoms with E-state index in [1.165, 1.54) is 18.2 Å². The highest BCUT2D eigenvalue weighted by Gasteiger charge is 2.13. The summed E-state index contributed by atoms with van der Waals surface area (Å²) in [5.41, 5.74) is 5.61. The lowest BCUT2D eigenvalue weighted by molar-refractivity contribution is -0.384. The zero-order valence-electron chi connectivity index (χ0n) is 15.0. The molecule has 0 unspecified atom stereocenters. The zero-order valence-corrected chi connectivity index (χ0v) is 15.9. The molecule has 8 nitrogen and oxygen atoms in total. The molecule has 146 valence electrons. The Labute approximate surface area is 171 Å². The number of hydrogen-bond acceptors (Lipinski definition) is 5. The van der Waals surface area contributed by atoms with Crippen molar-refractivity contribution in [2.24, 2.45) is 0 Å². The summed E-state index contributed by atoms with van der Waals surface area (Å²) in [6.45, 7) is 0. The summed E-state index contributed by atoms with van der Waals surface area (Å²) < 4.78 is 0. The van der Waals surface area contributed by atoms with Crippen molar-refractivity contribution in [3.8, 4) is 0 Å². The first kappa shape index (κ1) is 19.9. The second-order valence-electron chi connectivity index (χ2n) is 6.08. The summed E-state index contributed by atoms with van der Waals surface area (Å²) in [7, 11) is 0. The number of nitro benzene ring substituents is 1. The smallest absolute Gasteiger partial charge is 0.270 e. The average Bonchev–Trinajstić information content (AvgIpc) is 2.72. The largest absolute Gasteiger partial charge is 0.298 e. The summed E-state index contributed by atoms with van der Waals surface area (Å²) in [6.07, 6.45) is 0.121. The SMILES string of the molecule is O=C(Cc1cccc2ccccc12)NNC(=S)NC(=O)c1cccc([N+](=O)[O-])c1. The number of thiocarbonyl (C=S) groups is 1. The Hall–Kier alpha value is -3.85. The summed E-state index contributed by atoms with van der Waals surface area (Å²) in [5, 5.41) is 15.0. The minimum atomic E-state index is -0.630. The predicted octanol–water partition coefficient (Wildman–Crippen LogP) is 2.63. The number of hydrogen-bond donors (Lipinski definition) is 3.